The van der Waals surface area contributed by atoms with E-state index in [4.69, 9.17) is 9.47 Å². The van der Waals surface area contributed by atoms with Gasteiger partial charge in [0.2, 0.25) is 5.91 Å². The summed E-state index contributed by atoms with van der Waals surface area (Å²) < 4.78 is 11.2. The highest BCUT2D eigenvalue weighted by molar-refractivity contribution is 6.16. The molecule has 0 aromatic heterocycles. The van der Waals surface area contributed by atoms with Crippen LogP contribution in [0.1, 0.15) is 43.4 Å². The van der Waals surface area contributed by atoms with Crippen molar-refractivity contribution in [3.63, 3.8) is 0 Å². The third kappa shape index (κ3) is 4.00. The lowest BCUT2D eigenvalue weighted by molar-refractivity contribution is -0.122. The van der Waals surface area contributed by atoms with Gasteiger partial charge in [0.25, 0.3) is 0 Å². The van der Waals surface area contributed by atoms with Gasteiger partial charge < -0.3 is 19.7 Å². The SMILES string of the molecule is C=CCOc1cccc(C(=O)[C@H]2[C@@H](C(=O)c3cccc(OC)c3)N3C=Cc4ccccc4[C@@H]3[C@@]23C(=O)Nc2ccccc23)c1. The second-order valence-corrected chi connectivity index (χ2v) is 11.2. The number of ketones is 2. The van der Waals surface area contributed by atoms with Crippen LogP contribution in [0.5, 0.6) is 11.5 Å². The van der Waals surface area contributed by atoms with Gasteiger partial charge in [-0.15, -0.1) is 0 Å². The molecule has 0 saturated carbocycles. The fraction of sp³-hybridized carbons (Fsp3) is 0.162. The van der Waals surface area contributed by atoms with Crippen LogP contribution in [-0.2, 0) is 10.2 Å². The lowest BCUT2D eigenvalue weighted by Gasteiger charge is -2.38. The van der Waals surface area contributed by atoms with Crippen LogP contribution in [0.3, 0.4) is 0 Å². The molecule has 7 nitrogen and oxygen atoms in total. The van der Waals surface area contributed by atoms with Crippen LogP contribution in [0.2, 0.25) is 0 Å². The Hall–Kier alpha value is -5.43. The topological polar surface area (TPSA) is 84.9 Å². The quantitative estimate of drug-likeness (QED) is 0.196. The predicted octanol–water partition coefficient (Wildman–Crippen LogP) is 6.24. The molecule has 3 heterocycles. The zero-order valence-corrected chi connectivity index (χ0v) is 24.1. The van der Waals surface area contributed by atoms with Crippen molar-refractivity contribution in [3.8, 4) is 11.5 Å². The number of hydrogen-bond donors (Lipinski definition) is 1. The number of anilines is 1. The molecule has 0 unspecified atom stereocenters. The van der Waals surface area contributed by atoms with Gasteiger partial charge in [0.1, 0.15) is 29.6 Å². The molecule has 4 aromatic rings. The maximum absolute atomic E-state index is 15.0. The van der Waals surface area contributed by atoms with E-state index in [1.807, 2.05) is 65.7 Å². The van der Waals surface area contributed by atoms with E-state index in [0.29, 0.717) is 33.9 Å². The van der Waals surface area contributed by atoms with Gasteiger partial charge in [-0.25, -0.2) is 0 Å². The van der Waals surface area contributed by atoms with Gasteiger partial charge >= 0.3 is 0 Å². The van der Waals surface area contributed by atoms with Crippen LogP contribution in [0.4, 0.5) is 5.69 Å². The van der Waals surface area contributed by atoms with E-state index < -0.39 is 23.4 Å². The minimum Gasteiger partial charge on any atom is -0.497 e. The van der Waals surface area contributed by atoms with Crippen molar-refractivity contribution in [2.75, 3.05) is 19.0 Å². The largest absolute Gasteiger partial charge is 0.497 e. The first-order chi connectivity index (χ1) is 21.5. The Morgan fingerprint density at radius 3 is 2.41 bits per heavy atom. The summed E-state index contributed by atoms with van der Waals surface area (Å²) in [6.07, 6.45) is 5.44. The highest BCUT2D eigenvalue weighted by atomic mass is 16.5. The highest BCUT2D eigenvalue weighted by Crippen LogP contribution is 2.62. The Morgan fingerprint density at radius 2 is 1.61 bits per heavy atom. The van der Waals surface area contributed by atoms with E-state index in [1.54, 1.807) is 61.7 Å². The molecule has 0 bridgehead atoms. The van der Waals surface area contributed by atoms with Gasteiger partial charge in [0, 0.05) is 23.0 Å². The number of benzene rings is 4. The molecule has 4 aromatic carbocycles. The van der Waals surface area contributed by atoms with E-state index in [0.717, 1.165) is 11.1 Å². The third-order valence-electron chi connectivity index (χ3n) is 8.96. The first-order valence-corrected chi connectivity index (χ1v) is 14.5. The van der Waals surface area contributed by atoms with Crippen LogP contribution >= 0.6 is 0 Å². The van der Waals surface area contributed by atoms with Crippen molar-refractivity contribution in [3.05, 3.63) is 144 Å². The monoisotopic (exact) mass is 582 g/mol. The molecule has 3 aliphatic rings. The minimum atomic E-state index is -1.41. The Balaban J connectivity index is 1.50. The fourth-order valence-electron chi connectivity index (χ4n) is 7.19. The number of methoxy groups -OCH3 is 1. The van der Waals surface area contributed by atoms with Crippen molar-refractivity contribution in [1.82, 2.24) is 4.90 Å². The summed E-state index contributed by atoms with van der Waals surface area (Å²) in [7, 11) is 1.54. The van der Waals surface area contributed by atoms with Crippen LogP contribution < -0.4 is 14.8 Å². The zero-order valence-electron chi connectivity index (χ0n) is 24.1. The van der Waals surface area contributed by atoms with Gasteiger partial charge in [0.05, 0.1) is 19.1 Å². The van der Waals surface area contributed by atoms with Crippen molar-refractivity contribution in [2.24, 2.45) is 5.92 Å². The van der Waals surface area contributed by atoms with Gasteiger partial charge in [-0.05, 0) is 53.1 Å². The average Bonchev–Trinajstić information content (AvgIpc) is 3.55. The number of para-hydroxylation sites is 1. The maximum atomic E-state index is 15.0. The van der Waals surface area contributed by atoms with E-state index in [9.17, 15) is 9.59 Å². The molecule has 44 heavy (non-hydrogen) atoms. The highest BCUT2D eigenvalue weighted by Gasteiger charge is 2.70. The number of fused-ring (bicyclic) bond motifs is 6. The van der Waals surface area contributed by atoms with Crippen LogP contribution in [0.25, 0.3) is 6.08 Å². The molecule has 1 saturated heterocycles. The molecule has 0 radical (unpaired) electrons. The normalized spacial score (nSPS) is 22.5. The molecular formula is C37H30N2O5. The minimum absolute atomic E-state index is 0.273. The number of Topliss-reactive ketones (excluding diaryl/α,β-unsaturated/α-hetero) is 2. The van der Waals surface area contributed by atoms with Crippen molar-refractivity contribution in [2.45, 2.75) is 17.5 Å². The Labute approximate surface area is 255 Å². The van der Waals surface area contributed by atoms with E-state index in [-0.39, 0.29) is 24.1 Å². The molecule has 3 aliphatic heterocycles. The summed E-state index contributed by atoms with van der Waals surface area (Å²) in [4.78, 5) is 46.3. The van der Waals surface area contributed by atoms with E-state index in [2.05, 4.69) is 11.9 Å². The Kier molecular flexibility index (Phi) is 6.66. The summed E-state index contributed by atoms with van der Waals surface area (Å²) in [6, 6.07) is 27.5. The smallest absolute Gasteiger partial charge is 0.238 e. The first-order valence-electron chi connectivity index (χ1n) is 14.5. The summed E-state index contributed by atoms with van der Waals surface area (Å²) >= 11 is 0. The third-order valence-corrected chi connectivity index (χ3v) is 8.96. The molecule has 4 atom stereocenters. The van der Waals surface area contributed by atoms with Gasteiger partial charge in [-0.3, -0.25) is 14.4 Å². The van der Waals surface area contributed by atoms with E-state index in [1.165, 1.54) is 0 Å². The fourth-order valence-corrected chi connectivity index (χ4v) is 7.19. The number of nitrogens with one attached hydrogen (secondary N) is 1. The average molecular weight is 583 g/mol. The van der Waals surface area contributed by atoms with Gasteiger partial charge in [-0.1, -0.05) is 79.4 Å². The van der Waals surface area contributed by atoms with E-state index >= 15 is 4.79 Å². The summed E-state index contributed by atoms with van der Waals surface area (Å²) in [5, 5.41) is 3.08. The van der Waals surface area contributed by atoms with Crippen molar-refractivity contribution >= 4 is 29.2 Å². The number of hydrogen-bond acceptors (Lipinski definition) is 6. The van der Waals surface area contributed by atoms with Crippen molar-refractivity contribution in [1.29, 1.82) is 0 Å². The van der Waals surface area contributed by atoms with Crippen LogP contribution in [0, 0.1) is 5.92 Å². The van der Waals surface area contributed by atoms with Crippen molar-refractivity contribution < 1.29 is 23.9 Å². The number of carbonyl (C=O) groups is 3. The molecule has 1 spiro atoms. The lowest BCUT2D eigenvalue weighted by Crippen LogP contribution is -2.49. The Bertz CT molecular complexity index is 1860. The van der Waals surface area contributed by atoms with Crippen LogP contribution in [0.15, 0.2) is 116 Å². The molecule has 1 amide bonds. The molecule has 7 heteroatoms. The lowest BCUT2D eigenvalue weighted by atomic mass is 9.62. The number of amides is 1. The summed E-state index contributed by atoms with van der Waals surface area (Å²) in [6.45, 7) is 3.98. The molecule has 7 rings (SSSR count). The summed E-state index contributed by atoms with van der Waals surface area (Å²) in [5.74, 6) is -0.958. The number of carbonyl (C=O) groups excluding carboxylic acids is 3. The Morgan fingerprint density at radius 1 is 0.909 bits per heavy atom. The first kappa shape index (κ1) is 27.4. The van der Waals surface area contributed by atoms with Gasteiger partial charge in [0.15, 0.2) is 11.6 Å². The number of rotatable bonds is 8. The second kappa shape index (κ2) is 10.7. The second-order valence-electron chi connectivity index (χ2n) is 11.2. The predicted molar refractivity (Wildman–Crippen MR) is 168 cm³/mol. The number of ether oxygens (including phenoxy) is 2. The van der Waals surface area contributed by atoms with Gasteiger partial charge in [-0.2, -0.15) is 0 Å². The zero-order chi connectivity index (χ0) is 30.4. The summed E-state index contributed by atoms with van der Waals surface area (Å²) in [5.41, 5.74) is 2.49. The number of nitrogens with zero attached hydrogens (tertiary/aromatic N) is 1. The molecular weight excluding hydrogens is 552 g/mol. The standard InChI is InChI=1S/C37H30N2O5/c1-3-20-44-27-14-9-11-24(22-27)33(40)31-32(34(41)25-12-8-13-26(21-25)43-2)39-19-18-23-10-4-5-15-28(23)35(39)37(31)29-16-6-7-17-30(29)38-36(37)42/h3-19,21-22,31-32,35H,1,20H2,2H3,(H,38,42)/t31-,32+,35-,37+/m1/s1. The molecule has 218 valence electrons. The molecule has 1 fully saturated rings. The molecule has 1 N–H and O–H groups in total. The maximum Gasteiger partial charge on any atom is 0.238 e. The van der Waals surface area contributed by atoms with Crippen LogP contribution in [-0.4, -0.2) is 42.1 Å². The molecule has 0 aliphatic carbocycles.